The van der Waals surface area contributed by atoms with Crippen LogP contribution in [0.4, 0.5) is 11.4 Å². The van der Waals surface area contributed by atoms with Crippen LogP contribution in [0.5, 0.6) is 0 Å². The Morgan fingerprint density at radius 3 is 1.07 bits per heavy atom. The number of rotatable bonds is 25. The average Bonchev–Trinajstić information content (AvgIpc) is 3.06. The van der Waals surface area contributed by atoms with Crippen molar-refractivity contribution in [2.75, 3.05) is 34.6 Å². The molecule has 0 saturated heterocycles. The molecule has 2 heterocycles. The Bertz CT molecular complexity index is 3970. The first-order valence-corrected chi connectivity index (χ1v) is 35.6. The van der Waals surface area contributed by atoms with Crippen molar-refractivity contribution in [3.8, 4) is 0 Å². The van der Waals surface area contributed by atoms with Crippen molar-refractivity contribution in [1.82, 2.24) is 9.13 Å². The lowest BCUT2D eigenvalue weighted by atomic mass is 10.1. The lowest BCUT2D eigenvalue weighted by Gasteiger charge is -2.22. The third-order valence-electron chi connectivity index (χ3n) is 14.7. The van der Waals surface area contributed by atoms with E-state index >= 15 is 0 Å². The number of aromatic nitrogens is 2. The lowest BCUT2D eigenvalue weighted by molar-refractivity contribution is 0.827. The Balaban J connectivity index is 0.576. The number of thioether (sulfide) groups is 2. The Kier molecular flexibility index (Phi) is 20.2. The highest BCUT2D eigenvalue weighted by atomic mass is 33.1. The molecule has 86 heavy (non-hydrogen) atoms. The first-order valence-electron chi connectivity index (χ1n) is 28.8. The maximum absolute atomic E-state index is 5.07. The summed E-state index contributed by atoms with van der Waals surface area (Å²) in [6, 6.07) is 86.9. The molecule has 0 bridgehead atoms. The molecule has 2 atom stereocenters. The zero-order valence-corrected chi connectivity index (χ0v) is 54.4. The Morgan fingerprint density at radius 2 is 0.698 bits per heavy atom. The Morgan fingerprint density at radius 1 is 0.372 bits per heavy atom. The molecule has 0 saturated carbocycles. The summed E-state index contributed by atoms with van der Waals surface area (Å²) < 4.78 is 4.76. The first-order chi connectivity index (χ1) is 42.3. The molecule has 2 unspecified atom stereocenters. The second-order valence-corrected chi connectivity index (χ2v) is 28.8. The van der Waals surface area contributed by atoms with E-state index in [4.69, 9.17) is 35.5 Å². The van der Waals surface area contributed by atoms with Gasteiger partial charge in [0.15, 0.2) is 0 Å². The van der Waals surface area contributed by atoms with E-state index in [1.807, 2.05) is 48.1 Å². The quantitative estimate of drug-likeness (QED) is 0.0193. The highest BCUT2D eigenvalue weighted by molar-refractivity contribution is 8.76. The number of aryl methyl sites for hydroxylation is 2. The zero-order valence-electron chi connectivity index (χ0n) is 47.7. The third kappa shape index (κ3) is 14.9. The number of fused-ring (bicyclic) bond motifs is 6. The molecular weight excluding hydrogens is 1210 g/mol. The largest absolute Gasteiger partial charge is 0.341 e. The van der Waals surface area contributed by atoms with E-state index in [-0.39, 0.29) is 10.5 Å². The average molecular weight is 1270 g/mol. The van der Waals surface area contributed by atoms with Gasteiger partial charge in [-0.3, -0.25) is 10.0 Å². The van der Waals surface area contributed by atoms with Gasteiger partial charge in [-0.1, -0.05) is 130 Å². The van der Waals surface area contributed by atoms with Gasteiger partial charge in [-0.25, -0.2) is 0 Å². The number of hydrogen-bond donors (Lipinski definition) is 2. The second kappa shape index (κ2) is 29.0. The fraction of sp³-hybridized carbons (Fsp3) is 0.139. The molecule has 0 spiro atoms. The third-order valence-corrected chi connectivity index (χ3v) is 22.7. The van der Waals surface area contributed by atoms with Crippen molar-refractivity contribution in [1.29, 1.82) is 0 Å². The first kappa shape index (κ1) is 59.9. The number of hydrazone groups is 2. The second-order valence-electron chi connectivity index (χ2n) is 20.6. The normalized spacial score (nSPS) is 12.6. The fourth-order valence-corrected chi connectivity index (χ4v) is 16.4. The van der Waals surface area contributed by atoms with E-state index in [1.165, 1.54) is 82.8 Å². The van der Waals surface area contributed by atoms with Crippen molar-refractivity contribution >= 4 is 161 Å². The monoisotopic (exact) mass is 1270 g/mol. The minimum Gasteiger partial charge on any atom is -0.341 e. The maximum atomic E-state index is 5.07. The fourth-order valence-electron chi connectivity index (χ4n) is 10.5. The molecule has 430 valence electrons. The standard InChI is InChI=1S/C72H64N6S8/c1-3-75-69-21-13-11-19-65(69)67-43-51(23-41-71(67)75)45-73-77(53-15-7-5-8-16-53)47-55(79)49-81-57-25-29-59(30-26-57)83-61-33-37-63(38-34-61)85-86-64-39-35-62(36-40-64)84-60-31-27-58(28-32-60)82-50-56(80)48-78(54-17-9-6-10-18-54)74-46-52-24-42-72-68(44-52)66-20-12-14-22-70(66)76(72)4-2/h5-46,55-56,79-80H,3-4,47-50H2,1-2H3/b73-45+,74-46+. The van der Waals surface area contributed by atoms with E-state index < -0.39 is 0 Å². The minimum atomic E-state index is 0.0927. The van der Waals surface area contributed by atoms with Crippen molar-refractivity contribution in [3.05, 3.63) is 254 Å². The molecule has 0 aliphatic heterocycles. The maximum Gasteiger partial charge on any atom is 0.0594 e. The minimum absolute atomic E-state index is 0.0927. The Labute approximate surface area is 540 Å². The highest BCUT2D eigenvalue weighted by Gasteiger charge is 2.16. The van der Waals surface area contributed by atoms with Crippen LogP contribution in [0, 0.1) is 0 Å². The van der Waals surface area contributed by atoms with Crippen LogP contribution >= 0.6 is 93.9 Å². The van der Waals surface area contributed by atoms with E-state index in [2.05, 4.69) is 264 Å². The van der Waals surface area contributed by atoms with Crippen molar-refractivity contribution in [3.63, 3.8) is 0 Å². The van der Waals surface area contributed by atoms with Crippen LogP contribution in [-0.4, -0.2) is 56.7 Å². The lowest BCUT2D eigenvalue weighted by Crippen LogP contribution is -2.26. The van der Waals surface area contributed by atoms with Crippen LogP contribution in [0.3, 0.4) is 0 Å². The predicted molar refractivity (Wildman–Crippen MR) is 386 cm³/mol. The summed E-state index contributed by atoms with van der Waals surface area (Å²) in [5.41, 5.74) is 9.27. The van der Waals surface area contributed by atoms with Crippen LogP contribution in [0.15, 0.2) is 292 Å². The smallest absolute Gasteiger partial charge is 0.0594 e. The van der Waals surface area contributed by atoms with Gasteiger partial charge in [-0.05, 0) is 183 Å². The molecule has 0 radical (unpaired) electrons. The SMILES string of the molecule is CCn1c2ccccc2c2cc(/C=N/N(CC(S)CSc3ccc(Sc4ccc(SSc5ccc(Sc6ccc(SCC(S)CN(/N=C/c7ccc8c(c7)c7ccccc7n8CC)c7ccccc7)cc6)cc5)cc4)cc3)c3ccccc3)ccc21. The van der Waals surface area contributed by atoms with Gasteiger partial charge in [-0.2, -0.15) is 35.5 Å². The number of thiol groups is 2. The number of anilines is 2. The molecule has 0 aliphatic carbocycles. The summed E-state index contributed by atoms with van der Waals surface area (Å²) in [6.07, 6.45) is 3.96. The molecule has 0 N–H and O–H groups in total. The molecule has 0 fully saturated rings. The van der Waals surface area contributed by atoms with E-state index in [1.54, 1.807) is 45.1 Å². The van der Waals surface area contributed by atoms with Gasteiger partial charge in [0.2, 0.25) is 0 Å². The molecule has 10 aromatic carbocycles. The topological polar surface area (TPSA) is 41.1 Å². The van der Waals surface area contributed by atoms with Gasteiger partial charge in [0.05, 0.1) is 36.9 Å². The van der Waals surface area contributed by atoms with Crippen molar-refractivity contribution in [2.45, 2.75) is 76.6 Å². The Hall–Kier alpha value is -6.46. The van der Waals surface area contributed by atoms with Crippen LogP contribution in [0.1, 0.15) is 25.0 Å². The predicted octanol–water partition coefficient (Wildman–Crippen LogP) is 20.9. The molecule has 12 rings (SSSR count). The van der Waals surface area contributed by atoms with E-state index in [9.17, 15) is 0 Å². The molecular formula is C72H64N6S8. The van der Waals surface area contributed by atoms with Crippen LogP contribution in [0.2, 0.25) is 0 Å². The van der Waals surface area contributed by atoms with Crippen molar-refractivity contribution in [2.24, 2.45) is 10.2 Å². The van der Waals surface area contributed by atoms with E-state index in [0.717, 1.165) is 47.1 Å². The summed E-state index contributed by atoms with van der Waals surface area (Å²) in [4.78, 5) is 9.79. The molecule has 6 nitrogen and oxygen atoms in total. The molecule has 2 aromatic heterocycles. The summed E-state index contributed by atoms with van der Waals surface area (Å²) in [7, 11) is 3.58. The molecule has 12 aromatic rings. The van der Waals surface area contributed by atoms with Gasteiger partial charge in [0.25, 0.3) is 0 Å². The summed E-state index contributed by atoms with van der Waals surface area (Å²) in [5, 5.41) is 19.5. The number of hydrogen-bond acceptors (Lipinski definition) is 12. The van der Waals surface area contributed by atoms with Gasteiger partial charge in [-0.15, -0.1) is 23.5 Å². The van der Waals surface area contributed by atoms with Gasteiger partial charge in [0.1, 0.15) is 0 Å². The summed E-state index contributed by atoms with van der Waals surface area (Å²) >= 11 is 17.4. The molecule has 0 amide bonds. The summed E-state index contributed by atoms with van der Waals surface area (Å²) in [5.74, 6) is 1.71. The highest BCUT2D eigenvalue weighted by Crippen LogP contribution is 2.41. The summed E-state index contributed by atoms with van der Waals surface area (Å²) in [6.45, 7) is 7.62. The molecule has 14 heteroatoms. The van der Waals surface area contributed by atoms with Crippen LogP contribution in [-0.2, 0) is 13.1 Å². The zero-order chi connectivity index (χ0) is 58.6. The number of benzene rings is 10. The van der Waals surface area contributed by atoms with Gasteiger partial charge < -0.3 is 9.13 Å². The van der Waals surface area contributed by atoms with Crippen molar-refractivity contribution < 1.29 is 0 Å². The van der Waals surface area contributed by atoms with Gasteiger partial charge in [0, 0.05) is 118 Å². The van der Waals surface area contributed by atoms with Gasteiger partial charge >= 0.3 is 0 Å². The number of para-hydroxylation sites is 4. The number of nitrogens with zero attached hydrogens (tertiary/aromatic N) is 6. The van der Waals surface area contributed by atoms with E-state index in [0.29, 0.717) is 13.1 Å². The van der Waals surface area contributed by atoms with Crippen LogP contribution < -0.4 is 10.0 Å². The molecule has 0 aliphatic rings. The van der Waals surface area contributed by atoms with Crippen LogP contribution in [0.25, 0.3) is 43.6 Å².